The van der Waals surface area contributed by atoms with Gasteiger partial charge in [-0.05, 0) is 49.6 Å². The lowest BCUT2D eigenvalue weighted by Crippen LogP contribution is -2.45. The number of nitrogens with one attached hydrogen (secondary N) is 2. The zero-order valence-corrected chi connectivity index (χ0v) is 13.4. The topological polar surface area (TPSA) is 44.4 Å². The normalized spacial score (nSPS) is 18.6. The number of benzene rings is 1. The Morgan fingerprint density at radius 3 is 2.67 bits per heavy atom. The quantitative estimate of drug-likeness (QED) is 0.874. The maximum atomic E-state index is 12.2. The van der Waals surface area contributed by atoms with Crippen molar-refractivity contribution in [2.24, 2.45) is 5.92 Å². The van der Waals surface area contributed by atoms with E-state index in [-0.39, 0.29) is 11.9 Å². The molecule has 116 valence electrons. The minimum absolute atomic E-state index is 0.0294. The van der Waals surface area contributed by atoms with Crippen LogP contribution in [0.15, 0.2) is 24.3 Å². The predicted octanol–water partition coefficient (Wildman–Crippen LogP) is 2.26. The van der Waals surface area contributed by atoms with Gasteiger partial charge in [-0.15, -0.1) is 0 Å². The van der Waals surface area contributed by atoms with Crippen molar-refractivity contribution in [2.45, 2.75) is 32.7 Å². The van der Waals surface area contributed by atoms with Gasteiger partial charge < -0.3 is 15.5 Å². The molecule has 1 aliphatic rings. The van der Waals surface area contributed by atoms with Gasteiger partial charge in [-0.1, -0.05) is 13.8 Å². The second kappa shape index (κ2) is 7.46. The Morgan fingerprint density at radius 2 is 2.10 bits per heavy atom. The van der Waals surface area contributed by atoms with Crippen molar-refractivity contribution in [3.8, 4) is 0 Å². The molecule has 0 bridgehead atoms. The molecule has 21 heavy (non-hydrogen) atoms. The van der Waals surface area contributed by atoms with Crippen molar-refractivity contribution in [3.63, 3.8) is 0 Å². The number of amides is 1. The lowest BCUT2D eigenvalue weighted by Gasteiger charge is -2.24. The van der Waals surface area contributed by atoms with E-state index in [1.54, 1.807) is 0 Å². The van der Waals surface area contributed by atoms with E-state index in [0.29, 0.717) is 5.92 Å². The van der Waals surface area contributed by atoms with Crippen molar-refractivity contribution >= 4 is 11.6 Å². The molecule has 1 aliphatic heterocycles. The van der Waals surface area contributed by atoms with Crippen molar-refractivity contribution in [1.82, 2.24) is 10.6 Å². The number of anilines is 1. The molecule has 4 nitrogen and oxygen atoms in total. The molecule has 0 aliphatic carbocycles. The highest BCUT2D eigenvalue weighted by atomic mass is 16.1. The number of carbonyl (C=O) groups is 1. The van der Waals surface area contributed by atoms with Gasteiger partial charge in [-0.3, -0.25) is 4.79 Å². The number of nitrogens with zero attached hydrogens (tertiary/aromatic N) is 1. The van der Waals surface area contributed by atoms with Gasteiger partial charge in [-0.2, -0.15) is 0 Å². The van der Waals surface area contributed by atoms with E-state index in [4.69, 9.17) is 0 Å². The third kappa shape index (κ3) is 4.74. The average Bonchev–Trinajstić information content (AvgIpc) is 2.47. The fourth-order valence-corrected chi connectivity index (χ4v) is 2.76. The molecule has 4 heteroatoms. The second-order valence-corrected chi connectivity index (χ2v) is 6.34. The Balaban J connectivity index is 1.92. The van der Waals surface area contributed by atoms with E-state index in [0.717, 1.165) is 43.7 Å². The fourth-order valence-electron chi connectivity index (χ4n) is 2.76. The van der Waals surface area contributed by atoms with E-state index in [1.165, 1.54) is 0 Å². The fraction of sp³-hybridized carbons (Fsp3) is 0.588. The molecule has 1 heterocycles. The summed E-state index contributed by atoms with van der Waals surface area (Å²) in [6.45, 7) is 7.36. The van der Waals surface area contributed by atoms with Crippen LogP contribution in [0, 0.1) is 5.92 Å². The summed E-state index contributed by atoms with van der Waals surface area (Å²) in [5.41, 5.74) is 1.89. The Kier molecular flexibility index (Phi) is 5.62. The number of carbonyl (C=O) groups excluding carboxylic acids is 1. The smallest absolute Gasteiger partial charge is 0.251 e. The third-order valence-corrected chi connectivity index (χ3v) is 3.84. The van der Waals surface area contributed by atoms with E-state index >= 15 is 0 Å². The molecule has 1 saturated heterocycles. The number of hydrogen-bond acceptors (Lipinski definition) is 3. The first-order chi connectivity index (χ1) is 10.1. The van der Waals surface area contributed by atoms with Crippen molar-refractivity contribution in [1.29, 1.82) is 0 Å². The zero-order chi connectivity index (χ0) is 15.2. The summed E-state index contributed by atoms with van der Waals surface area (Å²) >= 11 is 0. The van der Waals surface area contributed by atoms with Gasteiger partial charge in [0.05, 0.1) is 0 Å². The monoisotopic (exact) mass is 289 g/mol. The summed E-state index contributed by atoms with van der Waals surface area (Å²) < 4.78 is 0. The maximum absolute atomic E-state index is 12.2. The molecule has 1 fully saturated rings. The molecular weight excluding hydrogens is 262 g/mol. The minimum atomic E-state index is 0.0294. The minimum Gasteiger partial charge on any atom is -0.374 e. The number of hydrogen-bond donors (Lipinski definition) is 2. The van der Waals surface area contributed by atoms with Crippen LogP contribution in [0.2, 0.25) is 0 Å². The number of piperidine rings is 1. The summed E-state index contributed by atoms with van der Waals surface area (Å²) in [5, 5.41) is 6.41. The molecule has 1 atom stereocenters. The first-order valence-corrected chi connectivity index (χ1v) is 7.89. The SMILES string of the molecule is CC(C)CN(C)c1ccc(C(=O)N[C@H]2CCCNC2)cc1. The van der Waals surface area contributed by atoms with Crippen LogP contribution in [0.5, 0.6) is 0 Å². The summed E-state index contributed by atoms with van der Waals surface area (Å²) in [5.74, 6) is 0.651. The Labute approximate surface area is 127 Å². The summed E-state index contributed by atoms with van der Waals surface area (Å²) in [4.78, 5) is 14.4. The molecule has 0 saturated carbocycles. The lowest BCUT2D eigenvalue weighted by atomic mass is 10.1. The predicted molar refractivity (Wildman–Crippen MR) is 87.9 cm³/mol. The summed E-state index contributed by atoms with van der Waals surface area (Å²) in [6, 6.07) is 8.14. The second-order valence-electron chi connectivity index (χ2n) is 6.34. The van der Waals surface area contributed by atoms with Gasteiger partial charge in [0.15, 0.2) is 0 Å². The van der Waals surface area contributed by atoms with E-state index < -0.39 is 0 Å². The first kappa shape index (κ1) is 15.8. The Bertz CT molecular complexity index is 450. The first-order valence-electron chi connectivity index (χ1n) is 7.89. The van der Waals surface area contributed by atoms with Gasteiger partial charge in [0.1, 0.15) is 0 Å². The highest BCUT2D eigenvalue weighted by Gasteiger charge is 2.16. The molecule has 1 aromatic carbocycles. The van der Waals surface area contributed by atoms with E-state index in [1.807, 2.05) is 24.3 Å². The molecule has 1 aromatic rings. The van der Waals surface area contributed by atoms with Crippen molar-refractivity contribution < 1.29 is 4.79 Å². The highest BCUT2D eigenvalue weighted by Crippen LogP contribution is 2.15. The van der Waals surface area contributed by atoms with Crippen LogP contribution in [-0.2, 0) is 0 Å². The summed E-state index contributed by atoms with van der Waals surface area (Å²) in [6.07, 6.45) is 2.19. The highest BCUT2D eigenvalue weighted by molar-refractivity contribution is 5.94. The van der Waals surface area contributed by atoms with Crippen LogP contribution in [0.3, 0.4) is 0 Å². The maximum Gasteiger partial charge on any atom is 0.251 e. The van der Waals surface area contributed by atoms with Gasteiger partial charge >= 0.3 is 0 Å². The largest absolute Gasteiger partial charge is 0.374 e. The van der Waals surface area contributed by atoms with Crippen LogP contribution < -0.4 is 15.5 Å². The molecule has 0 aromatic heterocycles. The Hall–Kier alpha value is -1.55. The third-order valence-electron chi connectivity index (χ3n) is 3.84. The van der Waals surface area contributed by atoms with Gasteiger partial charge in [-0.25, -0.2) is 0 Å². The van der Waals surface area contributed by atoms with Crippen molar-refractivity contribution in [3.05, 3.63) is 29.8 Å². The molecule has 0 spiro atoms. The molecule has 2 N–H and O–H groups in total. The van der Waals surface area contributed by atoms with E-state index in [9.17, 15) is 4.79 Å². The molecule has 0 unspecified atom stereocenters. The van der Waals surface area contributed by atoms with Crippen LogP contribution in [0.1, 0.15) is 37.0 Å². The molecule has 1 amide bonds. The van der Waals surface area contributed by atoms with Crippen LogP contribution in [0.25, 0.3) is 0 Å². The Morgan fingerprint density at radius 1 is 1.38 bits per heavy atom. The van der Waals surface area contributed by atoms with Crippen LogP contribution >= 0.6 is 0 Å². The summed E-state index contributed by atoms with van der Waals surface area (Å²) in [7, 11) is 2.09. The average molecular weight is 289 g/mol. The molecular formula is C17H27N3O. The van der Waals surface area contributed by atoms with Crippen LogP contribution in [0.4, 0.5) is 5.69 Å². The van der Waals surface area contributed by atoms with Crippen molar-refractivity contribution in [2.75, 3.05) is 31.6 Å². The van der Waals surface area contributed by atoms with Gasteiger partial charge in [0, 0.05) is 37.4 Å². The molecule has 0 radical (unpaired) electrons. The number of rotatable bonds is 5. The van der Waals surface area contributed by atoms with Crippen LogP contribution in [-0.4, -0.2) is 38.6 Å². The van der Waals surface area contributed by atoms with Gasteiger partial charge in [0.2, 0.25) is 0 Å². The lowest BCUT2D eigenvalue weighted by molar-refractivity contribution is 0.0930. The van der Waals surface area contributed by atoms with Gasteiger partial charge in [0.25, 0.3) is 5.91 Å². The standard InChI is InChI=1S/C17H27N3O/c1-13(2)12-20(3)16-8-6-14(7-9-16)17(21)19-15-5-4-10-18-11-15/h6-9,13,15,18H,4-5,10-12H2,1-3H3,(H,19,21)/t15-/m0/s1. The van der Waals surface area contributed by atoms with E-state index in [2.05, 4.69) is 36.4 Å². The zero-order valence-electron chi connectivity index (χ0n) is 13.4. The molecule has 2 rings (SSSR count).